The summed E-state index contributed by atoms with van der Waals surface area (Å²) in [6.07, 6.45) is 4.98. The van der Waals surface area contributed by atoms with Gasteiger partial charge in [-0.05, 0) is 45.2 Å². The van der Waals surface area contributed by atoms with Gasteiger partial charge in [-0.1, -0.05) is 0 Å². The van der Waals surface area contributed by atoms with Gasteiger partial charge >= 0.3 is 0 Å². The van der Waals surface area contributed by atoms with Crippen LogP contribution < -0.4 is 10.6 Å². The number of carbonyl (C=O) groups excluding carboxylic acids is 1. The Balaban J connectivity index is 1.66. The van der Waals surface area contributed by atoms with Crippen molar-refractivity contribution in [1.29, 1.82) is 0 Å². The molecular weight excluding hydrogens is 220 g/mol. The second kappa shape index (κ2) is 5.80. The summed E-state index contributed by atoms with van der Waals surface area (Å²) in [6, 6.07) is 0. The third-order valence-corrected chi connectivity index (χ3v) is 3.75. The Hall–Kier alpha value is -0.650. The first kappa shape index (κ1) is 12.8. The third kappa shape index (κ3) is 3.40. The summed E-state index contributed by atoms with van der Waals surface area (Å²) in [5.41, 5.74) is -0.353. The van der Waals surface area contributed by atoms with E-state index in [2.05, 4.69) is 10.6 Å². The van der Waals surface area contributed by atoms with Crippen molar-refractivity contribution in [2.45, 2.75) is 43.7 Å². The van der Waals surface area contributed by atoms with Crippen molar-refractivity contribution < 1.29 is 14.6 Å². The molecule has 1 aliphatic heterocycles. The van der Waals surface area contributed by atoms with E-state index in [1.165, 1.54) is 0 Å². The van der Waals surface area contributed by atoms with E-state index in [0.29, 0.717) is 0 Å². The molecule has 1 heterocycles. The molecule has 0 aromatic carbocycles. The Morgan fingerprint density at radius 2 is 2.12 bits per heavy atom. The van der Waals surface area contributed by atoms with Crippen molar-refractivity contribution in [3.63, 3.8) is 0 Å². The molecule has 0 radical (unpaired) electrons. The first-order valence-electron chi connectivity index (χ1n) is 6.48. The maximum atomic E-state index is 11.7. The molecule has 2 fully saturated rings. The maximum Gasteiger partial charge on any atom is 0.246 e. The highest BCUT2D eigenvalue weighted by atomic mass is 16.5. The minimum Gasteiger partial charge on any atom is -0.394 e. The summed E-state index contributed by atoms with van der Waals surface area (Å²) in [5.74, 6) is -0.0997. The van der Waals surface area contributed by atoms with Crippen LogP contribution in [0.15, 0.2) is 0 Å². The number of hydrogen-bond donors (Lipinski definition) is 3. The van der Waals surface area contributed by atoms with Crippen molar-refractivity contribution in [3.05, 3.63) is 0 Å². The molecule has 5 nitrogen and oxygen atoms in total. The summed E-state index contributed by atoms with van der Waals surface area (Å²) in [5, 5.41) is 15.4. The van der Waals surface area contributed by atoms with Gasteiger partial charge in [0, 0.05) is 0 Å². The van der Waals surface area contributed by atoms with Gasteiger partial charge < -0.3 is 20.5 Å². The predicted molar refractivity (Wildman–Crippen MR) is 63.7 cm³/mol. The van der Waals surface area contributed by atoms with Crippen LogP contribution in [0.3, 0.4) is 0 Å². The smallest absolute Gasteiger partial charge is 0.246 e. The molecule has 17 heavy (non-hydrogen) atoms. The van der Waals surface area contributed by atoms with E-state index in [-0.39, 0.29) is 30.8 Å². The highest BCUT2D eigenvalue weighted by Crippen LogP contribution is 2.30. The van der Waals surface area contributed by atoms with Gasteiger partial charge in [0.2, 0.25) is 5.91 Å². The number of nitrogens with one attached hydrogen (secondary N) is 2. The lowest BCUT2D eigenvalue weighted by atomic mass is 9.77. The lowest BCUT2D eigenvalue weighted by molar-refractivity contribution is -0.132. The quantitative estimate of drug-likeness (QED) is 0.624. The number of aliphatic hydroxyl groups excluding tert-OH is 1. The Morgan fingerprint density at radius 3 is 2.65 bits per heavy atom. The van der Waals surface area contributed by atoms with Crippen LogP contribution in [-0.4, -0.2) is 49.0 Å². The zero-order valence-electron chi connectivity index (χ0n) is 10.2. The molecule has 0 unspecified atom stereocenters. The standard InChI is InChI=1S/C12H22N2O3/c15-9-12(4-1-5-12)14-11(16)8-17-10-2-6-13-7-3-10/h10,13,15H,1-9H2,(H,14,16). The summed E-state index contributed by atoms with van der Waals surface area (Å²) >= 11 is 0. The van der Waals surface area contributed by atoms with E-state index in [1.807, 2.05) is 0 Å². The molecule has 1 amide bonds. The maximum absolute atomic E-state index is 11.7. The van der Waals surface area contributed by atoms with Crippen LogP contribution in [0.2, 0.25) is 0 Å². The first-order valence-corrected chi connectivity index (χ1v) is 6.48. The molecule has 0 aromatic rings. The molecule has 5 heteroatoms. The molecule has 2 rings (SSSR count). The number of rotatable bonds is 5. The van der Waals surface area contributed by atoms with Crippen LogP contribution in [0.25, 0.3) is 0 Å². The van der Waals surface area contributed by atoms with Gasteiger partial charge in [-0.25, -0.2) is 0 Å². The molecule has 0 bridgehead atoms. The molecule has 0 aromatic heterocycles. The molecule has 0 atom stereocenters. The van der Waals surface area contributed by atoms with Gasteiger partial charge in [-0.15, -0.1) is 0 Å². The minimum absolute atomic E-state index is 0.0338. The fourth-order valence-corrected chi connectivity index (χ4v) is 2.41. The Morgan fingerprint density at radius 1 is 1.41 bits per heavy atom. The highest BCUT2D eigenvalue weighted by molar-refractivity contribution is 5.78. The lowest BCUT2D eigenvalue weighted by Gasteiger charge is -2.41. The fourth-order valence-electron chi connectivity index (χ4n) is 2.41. The Bertz CT molecular complexity index is 255. The van der Waals surface area contributed by atoms with E-state index < -0.39 is 0 Å². The van der Waals surface area contributed by atoms with E-state index in [4.69, 9.17) is 4.74 Å². The molecule has 98 valence electrons. The number of hydrogen-bond acceptors (Lipinski definition) is 4. The van der Waals surface area contributed by atoms with Crippen molar-refractivity contribution >= 4 is 5.91 Å². The third-order valence-electron chi connectivity index (χ3n) is 3.75. The van der Waals surface area contributed by atoms with Gasteiger partial charge in [-0.3, -0.25) is 4.79 Å². The fraction of sp³-hybridized carbons (Fsp3) is 0.917. The number of amides is 1. The zero-order valence-corrected chi connectivity index (χ0v) is 10.2. The monoisotopic (exact) mass is 242 g/mol. The average Bonchev–Trinajstić information content (AvgIpc) is 2.33. The Kier molecular flexibility index (Phi) is 4.36. The summed E-state index contributed by atoms with van der Waals surface area (Å²) in [7, 11) is 0. The molecule has 1 aliphatic carbocycles. The number of carbonyl (C=O) groups is 1. The Labute approximate surface area is 102 Å². The van der Waals surface area contributed by atoms with E-state index in [9.17, 15) is 9.90 Å². The number of aliphatic hydroxyl groups is 1. The van der Waals surface area contributed by atoms with Crippen molar-refractivity contribution in [2.24, 2.45) is 0 Å². The summed E-state index contributed by atoms with van der Waals surface area (Å²) in [4.78, 5) is 11.7. The zero-order chi connectivity index (χ0) is 12.1. The van der Waals surface area contributed by atoms with Crippen LogP contribution in [0.1, 0.15) is 32.1 Å². The van der Waals surface area contributed by atoms with Gasteiger partial charge in [0.05, 0.1) is 18.2 Å². The normalized spacial score (nSPS) is 24.1. The van der Waals surface area contributed by atoms with Crippen molar-refractivity contribution in [2.75, 3.05) is 26.3 Å². The van der Waals surface area contributed by atoms with Gasteiger partial charge in [0.25, 0.3) is 0 Å². The molecular formula is C12H22N2O3. The SMILES string of the molecule is O=C(COC1CCNCC1)NC1(CO)CCC1. The van der Waals surface area contributed by atoms with Crippen LogP contribution in [0.5, 0.6) is 0 Å². The minimum atomic E-state index is -0.353. The van der Waals surface area contributed by atoms with Crippen molar-refractivity contribution in [3.8, 4) is 0 Å². The van der Waals surface area contributed by atoms with Crippen LogP contribution >= 0.6 is 0 Å². The van der Waals surface area contributed by atoms with E-state index in [0.717, 1.165) is 45.2 Å². The van der Waals surface area contributed by atoms with Crippen LogP contribution in [0, 0.1) is 0 Å². The van der Waals surface area contributed by atoms with Crippen molar-refractivity contribution in [1.82, 2.24) is 10.6 Å². The summed E-state index contributed by atoms with van der Waals surface area (Å²) in [6.45, 7) is 2.08. The predicted octanol–water partition coefficient (Wildman–Crippen LogP) is -0.214. The molecule has 2 aliphatic rings. The lowest BCUT2D eigenvalue weighted by Crippen LogP contribution is -2.57. The van der Waals surface area contributed by atoms with E-state index in [1.54, 1.807) is 0 Å². The van der Waals surface area contributed by atoms with Gasteiger partial charge in [-0.2, -0.15) is 0 Å². The molecule has 0 spiro atoms. The summed E-state index contributed by atoms with van der Waals surface area (Å²) < 4.78 is 5.57. The van der Waals surface area contributed by atoms with Crippen LogP contribution in [-0.2, 0) is 9.53 Å². The first-order chi connectivity index (χ1) is 8.24. The highest BCUT2D eigenvalue weighted by Gasteiger charge is 2.37. The largest absolute Gasteiger partial charge is 0.394 e. The second-order valence-corrected chi connectivity index (χ2v) is 5.10. The molecule has 1 saturated heterocycles. The average molecular weight is 242 g/mol. The van der Waals surface area contributed by atoms with E-state index >= 15 is 0 Å². The molecule has 1 saturated carbocycles. The van der Waals surface area contributed by atoms with Gasteiger partial charge in [0.1, 0.15) is 6.61 Å². The number of ether oxygens (including phenoxy) is 1. The molecule has 3 N–H and O–H groups in total. The van der Waals surface area contributed by atoms with Crippen LogP contribution in [0.4, 0.5) is 0 Å². The topological polar surface area (TPSA) is 70.6 Å². The second-order valence-electron chi connectivity index (χ2n) is 5.10. The van der Waals surface area contributed by atoms with Gasteiger partial charge in [0.15, 0.2) is 0 Å². The number of piperidine rings is 1.